The van der Waals surface area contributed by atoms with Crippen LogP contribution < -0.4 is 5.32 Å². The van der Waals surface area contributed by atoms with Gasteiger partial charge in [-0.2, -0.15) is 0 Å². The smallest absolute Gasteiger partial charge is 0.326 e. The Labute approximate surface area is 157 Å². The first-order chi connectivity index (χ1) is 13.1. The van der Waals surface area contributed by atoms with Gasteiger partial charge in [0.05, 0.1) is 0 Å². The van der Waals surface area contributed by atoms with E-state index >= 15 is 0 Å². The van der Waals surface area contributed by atoms with Crippen molar-refractivity contribution in [3.8, 4) is 0 Å². The molecule has 0 aromatic heterocycles. The van der Waals surface area contributed by atoms with Gasteiger partial charge >= 0.3 is 5.97 Å². The molecule has 0 aliphatic rings. The number of nitrogens with one attached hydrogen (secondary N) is 1. The highest BCUT2D eigenvalue weighted by Gasteiger charge is 2.26. The van der Waals surface area contributed by atoms with Crippen LogP contribution in [0.3, 0.4) is 0 Å². The number of hydrogen-bond acceptors (Lipinski definition) is 3. The molecule has 5 nitrogen and oxygen atoms in total. The first kappa shape index (κ1) is 18.6. The van der Waals surface area contributed by atoms with Crippen molar-refractivity contribution in [3.63, 3.8) is 0 Å². The van der Waals surface area contributed by atoms with E-state index in [1.165, 1.54) is 7.11 Å². The van der Waals surface area contributed by atoms with E-state index in [0.717, 1.165) is 16.3 Å². The second-order valence-corrected chi connectivity index (χ2v) is 6.27. The molecule has 3 aromatic rings. The maximum atomic E-state index is 12.6. The standard InChI is InChI=1S/C22H21NO4/c1-27-20(16-9-3-2-4-10-16)21(24)23-19(22(25)26)14-17-12-7-11-15-8-5-6-13-18(15)17/h2-13,19-20H,14H2,1H3,(H,23,24)(H,25,26)/t19-,20-/m0/s1. The molecule has 1 amide bonds. The van der Waals surface area contributed by atoms with Crippen molar-refractivity contribution in [2.24, 2.45) is 0 Å². The maximum Gasteiger partial charge on any atom is 0.326 e. The van der Waals surface area contributed by atoms with Gasteiger partial charge in [0.2, 0.25) is 0 Å². The van der Waals surface area contributed by atoms with Crippen LogP contribution in [-0.2, 0) is 20.7 Å². The van der Waals surface area contributed by atoms with Gasteiger partial charge in [-0.25, -0.2) is 4.79 Å². The third-order valence-electron chi connectivity index (χ3n) is 4.49. The van der Waals surface area contributed by atoms with Crippen molar-refractivity contribution in [1.82, 2.24) is 5.32 Å². The van der Waals surface area contributed by atoms with E-state index in [4.69, 9.17) is 4.74 Å². The number of benzene rings is 3. The van der Waals surface area contributed by atoms with Crippen LogP contribution in [0.4, 0.5) is 0 Å². The van der Waals surface area contributed by atoms with E-state index in [1.807, 2.05) is 48.5 Å². The molecular weight excluding hydrogens is 342 g/mol. The van der Waals surface area contributed by atoms with Crippen LogP contribution in [0, 0.1) is 0 Å². The number of methoxy groups -OCH3 is 1. The lowest BCUT2D eigenvalue weighted by Gasteiger charge is -2.20. The zero-order chi connectivity index (χ0) is 19.2. The van der Waals surface area contributed by atoms with Crippen LogP contribution in [0.25, 0.3) is 10.8 Å². The number of aliphatic carboxylic acids is 1. The van der Waals surface area contributed by atoms with E-state index in [0.29, 0.717) is 5.56 Å². The van der Waals surface area contributed by atoms with Crippen LogP contribution in [-0.4, -0.2) is 30.1 Å². The number of ether oxygens (including phenoxy) is 1. The molecule has 0 aliphatic heterocycles. The van der Waals surface area contributed by atoms with E-state index in [2.05, 4.69) is 5.32 Å². The van der Waals surface area contributed by atoms with Crippen molar-refractivity contribution < 1.29 is 19.4 Å². The van der Waals surface area contributed by atoms with Crippen LogP contribution in [0.5, 0.6) is 0 Å². The summed E-state index contributed by atoms with van der Waals surface area (Å²) in [5.41, 5.74) is 1.54. The second-order valence-electron chi connectivity index (χ2n) is 6.27. The Morgan fingerprint density at radius 2 is 1.63 bits per heavy atom. The Bertz CT molecular complexity index is 934. The molecule has 0 aliphatic carbocycles. The molecule has 3 aromatic carbocycles. The van der Waals surface area contributed by atoms with Gasteiger partial charge in [-0.05, 0) is 21.9 Å². The molecule has 0 unspecified atom stereocenters. The third-order valence-corrected chi connectivity index (χ3v) is 4.49. The molecule has 138 valence electrons. The molecule has 2 atom stereocenters. The Kier molecular flexibility index (Phi) is 5.84. The molecule has 0 radical (unpaired) electrons. The molecule has 0 saturated carbocycles. The third kappa shape index (κ3) is 4.33. The quantitative estimate of drug-likeness (QED) is 0.675. The zero-order valence-corrected chi connectivity index (χ0v) is 15.0. The lowest BCUT2D eigenvalue weighted by molar-refractivity contribution is -0.144. The van der Waals surface area contributed by atoms with Gasteiger partial charge in [-0.15, -0.1) is 0 Å². The van der Waals surface area contributed by atoms with Crippen LogP contribution in [0.15, 0.2) is 72.8 Å². The van der Waals surface area contributed by atoms with Gasteiger partial charge in [-0.1, -0.05) is 72.8 Å². The summed E-state index contributed by atoms with van der Waals surface area (Å²) in [7, 11) is 1.43. The van der Waals surface area contributed by atoms with Crippen LogP contribution in [0.1, 0.15) is 17.2 Å². The van der Waals surface area contributed by atoms with Gasteiger partial charge in [0.15, 0.2) is 6.10 Å². The molecule has 0 spiro atoms. The molecule has 0 heterocycles. The number of fused-ring (bicyclic) bond motifs is 1. The molecule has 2 N–H and O–H groups in total. The summed E-state index contributed by atoms with van der Waals surface area (Å²) in [4.78, 5) is 24.4. The first-order valence-electron chi connectivity index (χ1n) is 8.67. The molecule has 0 bridgehead atoms. The van der Waals surface area contributed by atoms with E-state index in [9.17, 15) is 14.7 Å². The van der Waals surface area contributed by atoms with Crippen LogP contribution in [0.2, 0.25) is 0 Å². The predicted molar refractivity (Wildman–Crippen MR) is 103 cm³/mol. The highest BCUT2D eigenvalue weighted by atomic mass is 16.5. The SMILES string of the molecule is CO[C@H](C(=O)N[C@@H](Cc1cccc2ccccc12)C(=O)O)c1ccccc1. The largest absolute Gasteiger partial charge is 0.480 e. The fraction of sp³-hybridized carbons (Fsp3) is 0.182. The van der Waals surface area contributed by atoms with Gasteiger partial charge in [0.25, 0.3) is 5.91 Å². The number of rotatable bonds is 7. The fourth-order valence-corrected chi connectivity index (χ4v) is 3.16. The number of amides is 1. The molecule has 0 saturated heterocycles. The van der Waals surface area contributed by atoms with Gasteiger partial charge < -0.3 is 15.2 Å². The summed E-state index contributed by atoms with van der Waals surface area (Å²) in [5, 5.41) is 14.3. The lowest BCUT2D eigenvalue weighted by Crippen LogP contribution is -2.44. The zero-order valence-electron chi connectivity index (χ0n) is 15.0. The van der Waals surface area contributed by atoms with Gasteiger partial charge in [-0.3, -0.25) is 4.79 Å². The Morgan fingerprint density at radius 3 is 2.33 bits per heavy atom. The number of carbonyl (C=O) groups is 2. The molecule has 5 heteroatoms. The normalized spacial score (nSPS) is 13.1. The number of carboxylic acid groups (broad SMARTS) is 1. The summed E-state index contributed by atoms with van der Waals surface area (Å²) in [6.45, 7) is 0. The van der Waals surface area contributed by atoms with Crippen molar-refractivity contribution >= 4 is 22.6 Å². The van der Waals surface area contributed by atoms with E-state index in [-0.39, 0.29) is 6.42 Å². The van der Waals surface area contributed by atoms with Gasteiger partial charge in [0.1, 0.15) is 6.04 Å². The summed E-state index contributed by atoms with van der Waals surface area (Å²) < 4.78 is 5.29. The minimum Gasteiger partial charge on any atom is -0.480 e. The average Bonchev–Trinajstić information content (AvgIpc) is 2.69. The first-order valence-corrected chi connectivity index (χ1v) is 8.67. The maximum absolute atomic E-state index is 12.6. The topological polar surface area (TPSA) is 75.6 Å². The fourth-order valence-electron chi connectivity index (χ4n) is 3.16. The predicted octanol–water partition coefficient (Wildman–Crippen LogP) is 3.34. The number of carbonyl (C=O) groups excluding carboxylic acids is 1. The van der Waals surface area contributed by atoms with Crippen molar-refractivity contribution in [3.05, 3.63) is 83.9 Å². The molecular formula is C22H21NO4. The summed E-state index contributed by atoms with van der Waals surface area (Å²) >= 11 is 0. The summed E-state index contributed by atoms with van der Waals surface area (Å²) in [6, 6.07) is 21.5. The number of carboxylic acids is 1. The molecule has 0 fully saturated rings. The second kappa shape index (κ2) is 8.47. The van der Waals surface area contributed by atoms with E-state index in [1.54, 1.807) is 24.3 Å². The number of hydrogen-bond donors (Lipinski definition) is 2. The summed E-state index contributed by atoms with van der Waals surface area (Å²) in [6.07, 6.45) is -0.672. The minimum atomic E-state index is -1.08. The Hall–Kier alpha value is -3.18. The average molecular weight is 363 g/mol. The highest BCUT2D eigenvalue weighted by molar-refractivity contribution is 5.89. The molecule has 27 heavy (non-hydrogen) atoms. The van der Waals surface area contributed by atoms with Crippen molar-refractivity contribution in [2.45, 2.75) is 18.6 Å². The molecule has 3 rings (SSSR count). The van der Waals surface area contributed by atoms with Crippen LogP contribution >= 0.6 is 0 Å². The van der Waals surface area contributed by atoms with Crippen molar-refractivity contribution in [2.75, 3.05) is 7.11 Å². The monoisotopic (exact) mass is 363 g/mol. The Morgan fingerprint density at radius 1 is 0.963 bits per heavy atom. The Balaban J connectivity index is 1.81. The summed E-state index contributed by atoms with van der Waals surface area (Å²) in [5.74, 6) is -1.56. The highest BCUT2D eigenvalue weighted by Crippen LogP contribution is 2.21. The van der Waals surface area contributed by atoms with Gasteiger partial charge in [0, 0.05) is 13.5 Å². The minimum absolute atomic E-state index is 0.188. The van der Waals surface area contributed by atoms with E-state index < -0.39 is 24.0 Å². The van der Waals surface area contributed by atoms with Crippen molar-refractivity contribution in [1.29, 1.82) is 0 Å². The lowest BCUT2D eigenvalue weighted by atomic mass is 9.98.